The predicted octanol–water partition coefficient (Wildman–Crippen LogP) is 3.57. The summed E-state index contributed by atoms with van der Waals surface area (Å²) < 4.78 is 0. The van der Waals surface area contributed by atoms with E-state index in [1.54, 1.807) is 0 Å². The number of anilines is 1. The summed E-state index contributed by atoms with van der Waals surface area (Å²) in [6.45, 7) is 1.97. The van der Waals surface area contributed by atoms with Crippen molar-refractivity contribution in [2.75, 3.05) is 5.73 Å². The Bertz CT molecular complexity index is 606. The lowest BCUT2D eigenvalue weighted by molar-refractivity contribution is 0.998. The minimum Gasteiger partial charge on any atom is -0.384 e. The third-order valence-electron chi connectivity index (χ3n) is 3.19. The maximum absolute atomic E-state index is 6.13. The van der Waals surface area contributed by atoms with Gasteiger partial charge in [0.1, 0.15) is 5.82 Å². The SMILES string of the molecule is Cc1ccc(-c2nc(N)cc(C3CC3)n2)cc1Cl. The number of nitrogens with two attached hydrogens (primary N) is 1. The second-order valence-corrected chi connectivity index (χ2v) is 5.19. The molecule has 4 heteroatoms. The summed E-state index contributed by atoms with van der Waals surface area (Å²) in [5.74, 6) is 1.76. The van der Waals surface area contributed by atoms with Gasteiger partial charge in [-0.25, -0.2) is 9.97 Å². The van der Waals surface area contributed by atoms with E-state index >= 15 is 0 Å². The molecule has 1 aromatic heterocycles. The molecule has 1 saturated carbocycles. The monoisotopic (exact) mass is 259 g/mol. The van der Waals surface area contributed by atoms with Crippen LogP contribution in [-0.4, -0.2) is 9.97 Å². The van der Waals surface area contributed by atoms with Crippen molar-refractivity contribution in [1.29, 1.82) is 0 Å². The summed E-state index contributed by atoms with van der Waals surface area (Å²) in [7, 11) is 0. The molecule has 1 aliphatic carbocycles. The van der Waals surface area contributed by atoms with E-state index in [9.17, 15) is 0 Å². The number of rotatable bonds is 2. The van der Waals surface area contributed by atoms with Gasteiger partial charge in [0.25, 0.3) is 0 Å². The first-order chi connectivity index (χ1) is 8.63. The third kappa shape index (κ3) is 2.18. The molecule has 92 valence electrons. The van der Waals surface area contributed by atoms with E-state index < -0.39 is 0 Å². The molecule has 0 amide bonds. The van der Waals surface area contributed by atoms with E-state index in [4.69, 9.17) is 17.3 Å². The molecule has 0 atom stereocenters. The molecule has 18 heavy (non-hydrogen) atoms. The van der Waals surface area contributed by atoms with Crippen LogP contribution in [0.4, 0.5) is 5.82 Å². The van der Waals surface area contributed by atoms with E-state index in [2.05, 4.69) is 9.97 Å². The van der Waals surface area contributed by atoms with Gasteiger partial charge in [0.15, 0.2) is 5.82 Å². The molecular formula is C14H14ClN3. The summed E-state index contributed by atoms with van der Waals surface area (Å²) in [6.07, 6.45) is 2.40. The zero-order valence-electron chi connectivity index (χ0n) is 10.2. The highest BCUT2D eigenvalue weighted by atomic mass is 35.5. The lowest BCUT2D eigenvalue weighted by Crippen LogP contribution is -1.99. The van der Waals surface area contributed by atoms with Crippen LogP contribution >= 0.6 is 11.6 Å². The van der Waals surface area contributed by atoms with Crippen LogP contribution in [-0.2, 0) is 0 Å². The van der Waals surface area contributed by atoms with Crippen LogP contribution in [0.15, 0.2) is 24.3 Å². The molecule has 0 unspecified atom stereocenters. The number of aryl methyl sites for hydroxylation is 1. The first kappa shape index (κ1) is 11.5. The lowest BCUT2D eigenvalue weighted by Gasteiger charge is -2.06. The number of nitrogen functional groups attached to an aromatic ring is 1. The minimum atomic E-state index is 0.526. The quantitative estimate of drug-likeness (QED) is 0.897. The zero-order chi connectivity index (χ0) is 12.7. The van der Waals surface area contributed by atoms with Gasteiger partial charge >= 0.3 is 0 Å². The Morgan fingerprint density at radius 1 is 1.22 bits per heavy atom. The normalized spacial score (nSPS) is 14.8. The van der Waals surface area contributed by atoms with Crippen molar-refractivity contribution in [3.05, 3.63) is 40.5 Å². The van der Waals surface area contributed by atoms with Gasteiger partial charge in [-0.3, -0.25) is 0 Å². The highest BCUT2D eigenvalue weighted by Crippen LogP contribution is 2.40. The van der Waals surface area contributed by atoms with Gasteiger partial charge in [0, 0.05) is 28.3 Å². The van der Waals surface area contributed by atoms with Gasteiger partial charge in [-0.15, -0.1) is 0 Å². The van der Waals surface area contributed by atoms with Crippen molar-refractivity contribution >= 4 is 17.4 Å². The van der Waals surface area contributed by atoms with Crippen LogP contribution in [0.5, 0.6) is 0 Å². The van der Waals surface area contributed by atoms with Gasteiger partial charge in [0.2, 0.25) is 0 Å². The van der Waals surface area contributed by atoms with Crippen molar-refractivity contribution < 1.29 is 0 Å². The number of hydrogen-bond donors (Lipinski definition) is 1. The van der Waals surface area contributed by atoms with E-state index in [1.165, 1.54) is 12.8 Å². The summed E-state index contributed by atoms with van der Waals surface area (Å²) in [4.78, 5) is 8.88. The molecule has 0 bridgehead atoms. The molecule has 0 radical (unpaired) electrons. The summed E-state index contributed by atoms with van der Waals surface area (Å²) >= 11 is 6.13. The van der Waals surface area contributed by atoms with Crippen LogP contribution in [0.1, 0.15) is 30.0 Å². The number of nitrogens with zero attached hydrogens (tertiary/aromatic N) is 2. The summed E-state index contributed by atoms with van der Waals surface area (Å²) in [5, 5.41) is 0.728. The Hall–Kier alpha value is -1.61. The molecule has 1 aromatic carbocycles. The second kappa shape index (κ2) is 4.25. The average molecular weight is 260 g/mol. The first-order valence-electron chi connectivity index (χ1n) is 6.04. The average Bonchev–Trinajstić information content (AvgIpc) is 3.16. The fourth-order valence-electron chi connectivity index (χ4n) is 1.93. The van der Waals surface area contributed by atoms with Crippen molar-refractivity contribution in [2.45, 2.75) is 25.7 Å². The van der Waals surface area contributed by atoms with Crippen LogP contribution in [0.25, 0.3) is 11.4 Å². The summed E-state index contributed by atoms with van der Waals surface area (Å²) in [6, 6.07) is 7.72. The lowest BCUT2D eigenvalue weighted by atomic mass is 10.1. The predicted molar refractivity (Wildman–Crippen MR) is 73.6 cm³/mol. The number of halogens is 1. The molecule has 0 spiro atoms. The highest BCUT2D eigenvalue weighted by molar-refractivity contribution is 6.31. The number of aromatic nitrogens is 2. The van der Waals surface area contributed by atoms with E-state index in [-0.39, 0.29) is 0 Å². The summed E-state index contributed by atoms with van der Waals surface area (Å²) in [5.41, 5.74) is 8.86. The van der Waals surface area contributed by atoms with E-state index in [0.717, 1.165) is 21.8 Å². The standard InChI is InChI=1S/C14H14ClN3/c1-8-2-3-10(6-11(8)15)14-17-12(9-4-5-9)7-13(16)18-14/h2-3,6-7,9H,4-5H2,1H3,(H2,16,17,18). The van der Waals surface area contributed by atoms with Crippen molar-refractivity contribution in [3.63, 3.8) is 0 Å². The van der Waals surface area contributed by atoms with E-state index in [0.29, 0.717) is 17.6 Å². The van der Waals surface area contributed by atoms with E-state index in [1.807, 2.05) is 31.2 Å². The first-order valence-corrected chi connectivity index (χ1v) is 6.42. The Balaban J connectivity index is 2.07. The molecule has 3 rings (SSSR count). The maximum atomic E-state index is 6.13. The fourth-order valence-corrected chi connectivity index (χ4v) is 2.12. The van der Waals surface area contributed by atoms with Crippen molar-refractivity contribution in [1.82, 2.24) is 9.97 Å². The number of benzene rings is 1. The zero-order valence-corrected chi connectivity index (χ0v) is 10.9. The molecular weight excluding hydrogens is 246 g/mol. The van der Waals surface area contributed by atoms with Crippen LogP contribution in [0.3, 0.4) is 0 Å². The van der Waals surface area contributed by atoms with Crippen LogP contribution in [0.2, 0.25) is 5.02 Å². The molecule has 1 aliphatic rings. The highest BCUT2D eigenvalue weighted by Gasteiger charge is 2.26. The van der Waals surface area contributed by atoms with Gasteiger partial charge in [-0.2, -0.15) is 0 Å². The molecule has 1 heterocycles. The van der Waals surface area contributed by atoms with Gasteiger partial charge in [-0.1, -0.05) is 23.7 Å². The minimum absolute atomic E-state index is 0.526. The van der Waals surface area contributed by atoms with Gasteiger partial charge < -0.3 is 5.73 Å². The Labute approximate surface area is 111 Å². The second-order valence-electron chi connectivity index (χ2n) is 4.78. The fraction of sp³-hybridized carbons (Fsp3) is 0.286. The van der Waals surface area contributed by atoms with Crippen LogP contribution in [0, 0.1) is 6.92 Å². The Kier molecular flexibility index (Phi) is 2.71. The van der Waals surface area contributed by atoms with Crippen molar-refractivity contribution in [2.24, 2.45) is 0 Å². The molecule has 1 fully saturated rings. The van der Waals surface area contributed by atoms with Crippen molar-refractivity contribution in [3.8, 4) is 11.4 Å². The molecule has 0 saturated heterocycles. The Morgan fingerprint density at radius 2 is 2.00 bits per heavy atom. The smallest absolute Gasteiger partial charge is 0.161 e. The largest absolute Gasteiger partial charge is 0.384 e. The number of hydrogen-bond acceptors (Lipinski definition) is 3. The Morgan fingerprint density at radius 3 is 2.67 bits per heavy atom. The van der Waals surface area contributed by atoms with Gasteiger partial charge in [0.05, 0.1) is 0 Å². The maximum Gasteiger partial charge on any atom is 0.161 e. The topological polar surface area (TPSA) is 51.8 Å². The third-order valence-corrected chi connectivity index (χ3v) is 3.60. The molecule has 0 aliphatic heterocycles. The molecule has 2 N–H and O–H groups in total. The van der Waals surface area contributed by atoms with Gasteiger partial charge in [-0.05, 0) is 31.4 Å². The molecule has 3 nitrogen and oxygen atoms in total. The van der Waals surface area contributed by atoms with Crippen LogP contribution < -0.4 is 5.73 Å². The molecule has 2 aromatic rings.